The Morgan fingerprint density at radius 3 is 2.11 bits per heavy atom. The second-order valence-electron chi connectivity index (χ2n) is 13.3. The van der Waals surface area contributed by atoms with Crippen LogP contribution >= 0.6 is 0 Å². The molecule has 2 N–H and O–H groups in total. The number of hydrogen-bond acceptors (Lipinski definition) is 4. The lowest BCUT2D eigenvalue weighted by atomic mass is 9.48. The molecule has 4 heterocycles. The molecule has 8 rings (SSSR count). The highest BCUT2D eigenvalue weighted by Gasteiger charge is 2.62. The standard InChI is InChI=1S/C32H34N4O2/c1-31(2)12-23(37)26(31)29-20-11-7-10-19(24(20)22-14-34-16-36(22)29)25-30(38)27(32(25,3)4)28-18-9-6-5-8-17(18)21-13-33-15-35(21)28/h5-11,13-16,23,25-30,37-38H,12H2,1-4H3/t23-,25?,26+,27-,28+,29-,30-/m1/s1. The SMILES string of the molecule is CC1(C)C[C@@H](O)[C@H]1[C@H]1c2cccc(C3[C@@H](O)[C@@H]([C@@H]4c5ccccc5-c5cncn54)C3(C)C)c2-c2cncn21. The molecule has 0 amide bonds. The fourth-order valence-electron chi connectivity index (χ4n) is 9.02. The lowest BCUT2D eigenvalue weighted by Gasteiger charge is -2.59. The zero-order chi connectivity index (χ0) is 26.1. The van der Waals surface area contributed by atoms with Crippen LogP contribution in [-0.2, 0) is 0 Å². The number of benzene rings is 2. The van der Waals surface area contributed by atoms with E-state index in [-0.39, 0.29) is 46.8 Å². The molecule has 6 nitrogen and oxygen atoms in total. The van der Waals surface area contributed by atoms with Gasteiger partial charge in [0.2, 0.25) is 0 Å². The van der Waals surface area contributed by atoms with Crippen LogP contribution in [0.3, 0.4) is 0 Å². The van der Waals surface area contributed by atoms with E-state index in [0.717, 1.165) is 17.8 Å². The summed E-state index contributed by atoms with van der Waals surface area (Å²) in [6.45, 7) is 9.15. The minimum Gasteiger partial charge on any atom is -0.393 e. The summed E-state index contributed by atoms with van der Waals surface area (Å²) in [5, 5.41) is 22.9. The van der Waals surface area contributed by atoms with Crippen LogP contribution in [0, 0.1) is 22.7 Å². The third-order valence-electron chi connectivity index (χ3n) is 10.6. The van der Waals surface area contributed by atoms with Crippen molar-refractivity contribution in [2.24, 2.45) is 22.7 Å². The summed E-state index contributed by atoms with van der Waals surface area (Å²) in [4.78, 5) is 8.99. The van der Waals surface area contributed by atoms with Crippen molar-refractivity contribution in [1.29, 1.82) is 0 Å². The number of hydrogen-bond donors (Lipinski definition) is 2. The zero-order valence-electron chi connectivity index (χ0n) is 22.3. The molecule has 4 aromatic rings. The van der Waals surface area contributed by atoms with Gasteiger partial charge in [0.1, 0.15) is 0 Å². The molecule has 0 saturated heterocycles. The molecule has 2 saturated carbocycles. The molecule has 1 unspecified atom stereocenters. The first kappa shape index (κ1) is 22.7. The molecule has 2 aliphatic carbocycles. The molecule has 2 fully saturated rings. The topological polar surface area (TPSA) is 76.1 Å². The quantitative estimate of drug-likeness (QED) is 0.389. The Labute approximate surface area is 223 Å². The number of imidazole rings is 2. The Hall–Kier alpha value is -3.22. The van der Waals surface area contributed by atoms with Gasteiger partial charge in [0, 0.05) is 28.9 Å². The summed E-state index contributed by atoms with van der Waals surface area (Å²) in [6, 6.07) is 15.3. The maximum atomic E-state index is 12.0. The van der Waals surface area contributed by atoms with Gasteiger partial charge >= 0.3 is 0 Å². The van der Waals surface area contributed by atoms with E-state index >= 15 is 0 Å². The van der Waals surface area contributed by atoms with Crippen molar-refractivity contribution < 1.29 is 10.2 Å². The molecular formula is C32H34N4O2. The van der Waals surface area contributed by atoms with Gasteiger partial charge in [-0.05, 0) is 33.9 Å². The number of aromatic nitrogens is 4. The number of aliphatic hydroxyl groups is 2. The third kappa shape index (κ3) is 2.60. The van der Waals surface area contributed by atoms with Gasteiger partial charge in [-0.3, -0.25) is 0 Å². The van der Waals surface area contributed by atoms with Gasteiger partial charge in [0.15, 0.2) is 0 Å². The number of rotatable bonds is 3. The highest BCUT2D eigenvalue weighted by Crippen LogP contribution is 2.66. The van der Waals surface area contributed by atoms with E-state index in [1.54, 1.807) is 0 Å². The van der Waals surface area contributed by atoms with E-state index in [1.807, 2.05) is 25.0 Å². The van der Waals surface area contributed by atoms with E-state index < -0.39 is 6.10 Å². The fourth-order valence-corrected chi connectivity index (χ4v) is 9.02. The molecule has 2 aliphatic heterocycles. The molecule has 7 atom stereocenters. The second-order valence-corrected chi connectivity index (χ2v) is 13.3. The van der Waals surface area contributed by atoms with E-state index in [2.05, 4.69) is 89.3 Å². The molecule has 0 spiro atoms. The van der Waals surface area contributed by atoms with Crippen molar-refractivity contribution in [2.75, 3.05) is 0 Å². The van der Waals surface area contributed by atoms with Crippen molar-refractivity contribution in [1.82, 2.24) is 19.1 Å². The first-order valence-corrected chi connectivity index (χ1v) is 13.8. The van der Waals surface area contributed by atoms with Crippen LogP contribution in [0.1, 0.15) is 68.8 Å². The smallest absolute Gasteiger partial charge is 0.0956 e. The maximum Gasteiger partial charge on any atom is 0.0956 e. The normalized spacial score (nSPS) is 33.1. The van der Waals surface area contributed by atoms with Crippen LogP contribution in [0.25, 0.3) is 22.5 Å². The van der Waals surface area contributed by atoms with Gasteiger partial charge < -0.3 is 19.3 Å². The lowest BCUT2D eigenvalue weighted by Crippen LogP contribution is -2.58. The second kappa shape index (κ2) is 7.25. The van der Waals surface area contributed by atoms with Gasteiger partial charge in [-0.25, -0.2) is 9.97 Å². The lowest BCUT2D eigenvalue weighted by molar-refractivity contribution is -0.130. The van der Waals surface area contributed by atoms with Crippen molar-refractivity contribution in [3.63, 3.8) is 0 Å². The summed E-state index contributed by atoms with van der Waals surface area (Å²) in [5.41, 5.74) is 8.29. The Kier molecular flexibility index (Phi) is 4.33. The van der Waals surface area contributed by atoms with Crippen LogP contribution in [0.15, 0.2) is 67.5 Å². The number of fused-ring (bicyclic) bond motifs is 6. The first-order valence-electron chi connectivity index (χ1n) is 13.8. The van der Waals surface area contributed by atoms with Crippen LogP contribution < -0.4 is 0 Å². The van der Waals surface area contributed by atoms with E-state index in [9.17, 15) is 10.2 Å². The molecular weight excluding hydrogens is 472 g/mol. The molecule has 6 heteroatoms. The van der Waals surface area contributed by atoms with Gasteiger partial charge in [-0.2, -0.15) is 0 Å². The van der Waals surface area contributed by atoms with Crippen LogP contribution in [-0.4, -0.2) is 41.5 Å². The Morgan fingerprint density at radius 2 is 1.39 bits per heavy atom. The Bertz CT molecular complexity index is 1600. The van der Waals surface area contributed by atoms with Crippen LogP contribution in [0.4, 0.5) is 0 Å². The van der Waals surface area contributed by atoms with Crippen molar-refractivity contribution in [3.05, 3.63) is 84.2 Å². The van der Waals surface area contributed by atoms with Gasteiger partial charge in [0.05, 0.1) is 60.7 Å². The van der Waals surface area contributed by atoms with E-state index in [0.29, 0.717) is 0 Å². The van der Waals surface area contributed by atoms with Gasteiger partial charge in [-0.15, -0.1) is 0 Å². The fraction of sp³-hybridized carbons (Fsp3) is 0.438. The molecule has 194 valence electrons. The molecule has 0 bridgehead atoms. The molecule has 4 aliphatic rings. The van der Waals surface area contributed by atoms with Crippen molar-refractivity contribution in [2.45, 2.75) is 64.3 Å². The minimum absolute atomic E-state index is 0.0105. The molecule has 2 aromatic heterocycles. The Morgan fingerprint density at radius 1 is 0.763 bits per heavy atom. The monoisotopic (exact) mass is 506 g/mol. The van der Waals surface area contributed by atoms with Crippen molar-refractivity contribution >= 4 is 0 Å². The Balaban J connectivity index is 1.23. The minimum atomic E-state index is -0.496. The third-order valence-corrected chi connectivity index (χ3v) is 10.6. The first-order chi connectivity index (χ1) is 18.2. The van der Waals surface area contributed by atoms with E-state index in [4.69, 9.17) is 0 Å². The highest BCUT2D eigenvalue weighted by molar-refractivity contribution is 5.75. The van der Waals surface area contributed by atoms with Crippen LogP contribution in [0.2, 0.25) is 0 Å². The van der Waals surface area contributed by atoms with Gasteiger partial charge in [-0.1, -0.05) is 70.2 Å². The predicted molar refractivity (Wildman–Crippen MR) is 146 cm³/mol. The summed E-state index contributed by atoms with van der Waals surface area (Å²) in [5.74, 6) is 0.173. The number of nitrogens with zero attached hydrogens (tertiary/aromatic N) is 4. The van der Waals surface area contributed by atoms with Crippen molar-refractivity contribution in [3.8, 4) is 22.5 Å². The zero-order valence-corrected chi connectivity index (χ0v) is 22.3. The summed E-state index contributed by atoms with van der Waals surface area (Å²) < 4.78 is 4.53. The molecule has 0 radical (unpaired) electrons. The average molecular weight is 507 g/mol. The van der Waals surface area contributed by atoms with E-state index in [1.165, 1.54) is 27.8 Å². The van der Waals surface area contributed by atoms with Crippen LogP contribution in [0.5, 0.6) is 0 Å². The number of aliphatic hydroxyl groups excluding tert-OH is 2. The summed E-state index contributed by atoms with van der Waals surface area (Å²) in [6.07, 6.45) is 7.75. The summed E-state index contributed by atoms with van der Waals surface area (Å²) in [7, 11) is 0. The molecule has 2 aromatic carbocycles. The highest BCUT2D eigenvalue weighted by atomic mass is 16.3. The average Bonchev–Trinajstić information content (AvgIpc) is 3.63. The maximum absolute atomic E-state index is 12.0. The summed E-state index contributed by atoms with van der Waals surface area (Å²) >= 11 is 0. The largest absolute Gasteiger partial charge is 0.393 e. The predicted octanol–water partition coefficient (Wildman–Crippen LogP) is 5.43. The van der Waals surface area contributed by atoms with Gasteiger partial charge in [0.25, 0.3) is 0 Å². The molecule has 38 heavy (non-hydrogen) atoms.